The van der Waals surface area contributed by atoms with Crippen LogP contribution in [0.2, 0.25) is 0 Å². The molecule has 2 aromatic carbocycles. The molecule has 0 radical (unpaired) electrons. The highest BCUT2D eigenvalue weighted by atomic mass is 79.9. The Bertz CT molecular complexity index is 943. The quantitative estimate of drug-likeness (QED) is 0.684. The van der Waals surface area contributed by atoms with Crippen molar-refractivity contribution in [3.05, 3.63) is 75.4 Å². The monoisotopic (exact) mass is 461 g/mol. The first kappa shape index (κ1) is 21.0. The second-order valence-corrected chi connectivity index (χ2v) is 7.15. The highest BCUT2D eigenvalue weighted by Gasteiger charge is 2.34. The van der Waals surface area contributed by atoms with Crippen molar-refractivity contribution in [2.45, 2.75) is 6.10 Å². The lowest BCUT2D eigenvalue weighted by atomic mass is 9.98. The number of esters is 2. The zero-order valence-electron chi connectivity index (χ0n) is 15.9. The van der Waals surface area contributed by atoms with E-state index in [4.69, 9.17) is 14.2 Å². The molecular formula is C21H20BrNO6. The third-order valence-electron chi connectivity index (χ3n) is 4.52. The van der Waals surface area contributed by atoms with Gasteiger partial charge in [0.15, 0.2) is 0 Å². The molecule has 8 heteroatoms. The van der Waals surface area contributed by atoms with Crippen molar-refractivity contribution >= 4 is 33.6 Å². The van der Waals surface area contributed by atoms with Crippen LogP contribution in [0.3, 0.4) is 0 Å². The number of nitrogens with zero attached hydrogens (tertiary/aromatic N) is 1. The summed E-state index contributed by atoms with van der Waals surface area (Å²) in [7, 11) is 2.46. The number of carbonyl (C=O) groups is 2. The lowest BCUT2D eigenvalue weighted by molar-refractivity contribution is -0.140. The number of anilines is 1. The largest absolute Gasteiger partial charge is 0.466 e. The molecule has 0 spiro atoms. The van der Waals surface area contributed by atoms with Crippen molar-refractivity contribution in [1.82, 2.24) is 0 Å². The molecule has 1 heterocycles. The minimum absolute atomic E-state index is 0.00106. The summed E-state index contributed by atoms with van der Waals surface area (Å²) >= 11 is 3.43. The Kier molecular flexibility index (Phi) is 6.68. The highest BCUT2D eigenvalue weighted by Crippen LogP contribution is 2.36. The summed E-state index contributed by atoms with van der Waals surface area (Å²) in [5.74, 6) is -1.38. The predicted molar refractivity (Wildman–Crippen MR) is 109 cm³/mol. The Labute approximate surface area is 176 Å². The lowest BCUT2D eigenvalue weighted by Gasteiger charge is -2.33. The molecule has 0 amide bonds. The van der Waals surface area contributed by atoms with Gasteiger partial charge < -0.3 is 24.2 Å². The summed E-state index contributed by atoms with van der Waals surface area (Å²) in [6.07, 6.45) is -0.967. The van der Waals surface area contributed by atoms with Crippen molar-refractivity contribution in [2.75, 3.05) is 32.5 Å². The highest BCUT2D eigenvalue weighted by molar-refractivity contribution is 9.10. The SMILES string of the molecule is COC(=O)C1=C(C(=O)OC)N(c2ccc(Br)cc2C(O)c2ccccc2)COC1. The van der Waals surface area contributed by atoms with E-state index in [0.717, 1.165) is 4.47 Å². The third kappa shape index (κ3) is 4.34. The molecule has 2 aromatic rings. The smallest absolute Gasteiger partial charge is 0.355 e. The number of halogens is 1. The van der Waals surface area contributed by atoms with E-state index in [2.05, 4.69) is 15.9 Å². The van der Waals surface area contributed by atoms with Crippen molar-refractivity contribution in [2.24, 2.45) is 0 Å². The minimum Gasteiger partial charge on any atom is -0.466 e. The van der Waals surface area contributed by atoms with Gasteiger partial charge in [0.1, 0.15) is 18.5 Å². The molecule has 3 rings (SSSR count). The first-order chi connectivity index (χ1) is 14.0. The zero-order valence-corrected chi connectivity index (χ0v) is 17.5. The topological polar surface area (TPSA) is 85.3 Å². The van der Waals surface area contributed by atoms with E-state index < -0.39 is 18.0 Å². The molecule has 7 nitrogen and oxygen atoms in total. The fourth-order valence-corrected chi connectivity index (χ4v) is 3.52. The second kappa shape index (κ2) is 9.21. The second-order valence-electron chi connectivity index (χ2n) is 6.23. The Hall–Kier alpha value is -2.68. The van der Waals surface area contributed by atoms with Crippen LogP contribution < -0.4 is 4.90 Å². The number of methoxy groups -OCH3 is 2. The van der Waals surface area contributed by atoms with Gasteiger partial charge in [-0.2, -0.15) is 0 Å². The van der Waals surface area contributed by atoms with Crippen molar-refractivity contribution in [3.63, 3.8) is 0 Å². The van der Waals surface area contributed by atoms with Gasteiger partial charge in [0, 0.05) is 15.7 Å². The van der Waals surface area contributed by atoms with E-state index in [-0.39, 0.29) is 24.6 Å². The van der Waals surface area contributed by atoms with Crippen LogP contribution in [0.4, 0.5) is 5.69 Å². The Morgan fingerprint density at radius 2 is 1.79 bits per heavy atom. The van der Waals surface area contributed by atoms with E-state index >= 15 is 0 Å². The summed E-state index contributed by atoms with van der Waals surface area (Å²) in [5.41, 5.74) is 1.79. The maximum absolute atomic E-state index is 12.5. The number of hydrogen-bond donors (Lipinski definition) is 1. The fraction of sp³-hybridized carbons (Fsp3) is 0.238. The Morgan fingerprint density at radius 3 is 2.45 bits per heavy atom. The van der Waals surface area contributed by atoms with E-state index in [1.165, 1.54) is 19.1 Å². The van der Waals surface area contributed by atoms with E-state index in [1.54, 1.807) is 30.3 Å². The molecule has 0 aliphatic carbocycles. The Balaban J connectivity index is 2.16. The molecule has 1 atom stereocenters. The van der Waals surface area contributed by atoms with Crippen LogP contribution in [0.5, 0.6) is 0 Å². The molecule has 1 unspecified atom stereocenters. The van der Waals surface area contributed by atoms with E-state index in [9.17, 15) is 14.7 Å². The molecule has 29 heavy (non-hydrogen) atoms. The van der Waals surface area contributed by atoms with Crippen LogP contribution in [-0.2, 0) is 23.8 Å². The number of aliphatic hydroxyl groups is 1. The van der Waals surface area contributed by atoms with Crippen molar-refractivity contribution < 1.29 is 28.9 Å². The zero-order chi connectivity index (χ0) is 21.0. The van der Waals surface area contributed by atoms with Crippen LogP contribution >= 0.6 is 15.9 Å². The molecule has 0 saturated heterocycles. The summed E-state index contributed by atoms with van der Waals surface area (Å²) in [5, 5.41) is 11.0. The van der Waals surface area contributed by atoms with Crippen LogP contribution in [-0.4, -0.2) is 44.6 Å². The van der Waals surface area contributed by atoms with Crippen LogP contribution in [0.15, 0.2) is 64.3 Å². The average Bonchev–Trinajstić information content (AvgIpc) is 2.77. The van der Waals surface area contributed by atoms with Gasteiger partial charge in [-0.25, -0.2) is 9.59 Å². The minimum atomic E-state index is -0.967. The molecule has 0 fully saturated rings. The molecule has 152 valence electrons. The molecule has 0 saturated carbocycles. The maximum Gasteiger partial charge on any atom is 0.355 e. The van der Waals surface area contributed by atoms with Crippen molar-refractivity contribution in [3.8, 4) is 0 Å². The number of ether oxygens (including phenoxy) is 3. The van der Waals surface area contributed by atoms with Gasteiger partial charge in [-0.15, -0.1) is 0 Å². The number of benzene rings is 2. The molecular weight excluding hydrogens is 442 g/mol. The Morgan fingerprint density at radius 1 is 1.10 bits per heavy atom. The van der Waals surface area contributed by atoms with E-state index in [0.29, 0.717) is 16.8 Å². The van der Waals surface area contributed by atoms with Gasteiger partial charge in [0.25, 0.3) is 0 Å². The van der Waals surface area contributed by atoms with Gasteiger partial charge in [-0.3, -0.25) is 0 Å². The number of rotatable bonds is 5. The number of carbonyl (C=O) groups excluding carboxylic acids is 2. The summed E-state index contributed by atoms with van der Waals surface area (Å²) < 4.78 is 16.0. The van der Waals surface area contributed by atoms with Gasteiger partial charge >= 0.3 is 11.9 Å². The fourth-order valence-electron chi connectivity index (χ4n) is 3.14. The van der Waals surface area contributed by atoms with E-state index in [1.807, 2.05) is 18.2 Å². The summed E-state index contributed by atoms with van der Waals surface area (Å²) in [4.78, 5) is 26.3. The van der Waals surface area contributed by atoms with Crippen molar-refractivity contribution in [1.29, 1.82) is 0 Å². The van der Waals surface area contributed by atoms with Crippen LogP contribution in [0.1, 0.15) is 17.2 Å². The molecule has 1 aliphatic heterocycles. The van der Waals surface area contributed by atoms with Gasteiger partial charge in [0.05, 0.1) is 26.4 Å². The van der Waals surface area contributed by atoms with Gasteiger partial charge in [-0.05, 0) is 23.8 Å². The van der Waals surface area contributed by atoms with Crippen LogP contribution in [0.25, 0.3) is 0 Å². The normalized spacial score (nSPS) is 15.1. The number of aliphatic hydroxyl groups excluding tert-OH is 1. The lowest BCUT2D eigenvalue weighted by Crippen LogP contribution is -2.39. The summed E-state index contributed by atoms with van der Waals surface area (Å²) in [6, 6.07) is 14.4. The van der Waals surface area contributed by atoms with Gasteiger partial charge in [0.2, 0.25) is 0 Å². The molecule has 1 aliphatic rings. The third-order valence-corrected chi connectivity index (χ3v) is 5.02. The van der Waals surface area contributed by atoms with Gasteiger partial charge in [-0.1, -0.05) is 46.3 Å². The first-order valence-electron chi connectivity index (χ1n) is 8.75. The number of hydrogen-bond acceptors (Lipinski definition) is 7. The van der Waals surface area contributed by atoms with Crippen LogP contribution in [0, 0.1) is 0 Å². The predicted octanol–water partition coefficient (Wildman–Crippen LogP) is 2.93. The summed E-state index contributed by atoms with van der Waals surface area (Å²) in [6.45, 7) is -0.0816. The molecule has 0 bridgehead atoms. The first-order valence-corrected chi connectivity index (χ1v) is 9.54. The average molecular weight is 462 g/mol. The maximum atomic E-state index is 12.5. The molecule has 1 N–H and O–H groups in total. The standard InChI is InChI=1S/C21H20BrNO6/c1-27-20(25)16-11-29-12-23(18(16)21(26)28-2)17-9-8-14(22)10-15(17)19(24)13-6-4-3-5-7-13/h3-10,19,24H,11-12H2,1-2H3. The molecule has 0 aromatic heterocycles.